The summed E-state index contributed by atoms with van der Waals surface area (Å²) in [7, 11) is 0. The summed E-state index contributed by atoms with van der Waals surface area (Å²) >= 11 is 0. The lowest BCUT2D eigenvalue weighted by Crippen LogP contribution is -1.85. The molecule has 2 aromatic rings. The third-order valence-corrected chi connectivity index (χ3v) is 2.28. The van der Waals surface area contributed by atoms with Crippen molar-refractivity contribution in [1.82, 2.24) is 0 Å². The summed E-state index contributed by atoms with van der Waals surface area (Å²) in [5.74, 6) is 0. The van der Waals surface area contributed by atoms with Crippen LogP contribution in [0.15, 0.2) is 36.4 Å². The van der Waals surface area contributed by atoms with Gasteiger partial charge in [0.25, 0.3) is 6.43 Å². The Morgan fingerprint density at radius 3 is 2.40 bits per heavy atom. The van der Waals surface area contributed by atoms with E-state index >= 15 is 0 Å². The lowest BCUT2D eigenvalue weighted by atomic mass is 10.0. The van der Waals surface area contributed by atoms with Gasteiger partial charge < -0.3 is 0 Å². The van der Waals surface area contributed by atoms with Gasteiger partial charge in [-0.05, 0) is 22.9 Å². The van der Waals surface area contributed by atoms with Gasteiger partial charge in [-0.3, -0.25) is 4.79 Å². The van der Waals surface area contributed by atoms with Crippen molar-refractivity contribution in [2.45, 2.75) is 6.43 Å². The second-order valence-electron chi connectivity index (χ2n) is 3.28. The normalized spacial score (nSPS) is 10.9. The molecule has 0 aromatic heterocycles. The number of rotatable bonds is 2. The predicted octanol–water partition coefficient (Wildman–Crippen LogP) is 3.59. The molecule has 0 bridgehead atoms. The predicted molar refractivity (Wildman–Crippen MR) is 54.3 cm³/mol. The Morgan fingerprint density at radius 2 is 1.73 bits per heavy atom. The smallest absolute Gasteiger partial charge is 0.263 e. The van der Waals surface area contributed by atoms with E-state index in [-0.39, 0.29) is 5.56 Å². The highest BCUT2D eigenvalue weighted by Crippen LogP contribution is 2.24. The van der Waals surface area contributed by atoms with E-state index in [2.05, 4.69) is 0 Å². The van der Waals surface area contributed by atoms with Crippen LogP contribution in [0, 0.1) is 0 Å². The molecule has 0 aliphatic carbocycles. The van der Waals surface area contributed by atoms with Crippen molar-refractivity contribution in [2.24, 2.45) is 0 Å². The maximum atomic E-state index is 12.4. The quantitative estimate of drug-likeness (QED) is 0.686. The first-order chi connectivity index (χ1) is 7.20. The fourth-order valence-corrected chi connectivity index (χ4v) is 1.49. The van der Waals surface area contributed by atoms with Crippen molar-refractivity contribution in [3.63, 3.8) is 0 Å². The first-order valence-corrected chi connectivity index (χ1v) is 4.48. The molecule has 76 valence electrons. The molecule has 0 saturated carbocycles. The molecule has 0 spiro atoms. The Hall–Kier alpha value is -1.77. The largest absolute Gasteiger partial charge is 0.298 e. The Balaban J connectivity index is 2.62. The van der Waals surface area contributed by atoms with Gasteiger partial charge in [0.05, 0.1) is 0 Å². The van der Waals surface area contributed by atoms with Crippen molar-refractivity contribution >= 4 is 17.1 Å². The van der Waals surface area contributed by atoms with Crippen LogP contribution >= 0.6 is 0 Å². The Labute approximate surface area is 85.3 Å². The molecule has 1 nitrogen and oxygen atoms in total. The SMILES string of the molecule is O=Cc1ccc2ccc(C(F)F)cc2c1. The standard InChI is InChI=1S/C12H8F2O/c13-12(14)10-4-3-9-2-1-8(7-15)5-11(9)6-10/h1-7,12H. The summed E-state index contributed by atoms with van der Waals surface area (Å²) in [6.07, 6.45) is -1.77. The van der Waals surface area contributed by atoms with Crippen LogP contribution < -0.4 is 0 Å². The number of halogens is 2. The van der Waals surface area contributed by atoms with Crippen molar-refractivity contribution in [3.05, 3.63) is 47.5 Å². The monoisotopic (exact) mass is 206 g/mol. The fourth-order valence-electron chi connectivity index (χ4n) is 1.49. The lowest BCUT2D eigenvalue weighted by Gasteiger charge is -2.02. The van der Waals surface area contributed by atoms with Gasteiger partial charge in [0, 0.05) is 11.1 Å². The number of benzene rings is 2. The summed E-state index contributed by atoms with van der Waals surface area (Å²) in [5.41, 5.74) is 0.472. The van der Waals surface area contributed by atoms with Crippen LogP contribution in [-0.4, -0.2) is 6.29 Å². The molecule has 0 saturated heterocycles. The maximum Gasteiger partial charge on any atom is 0.263 e. The molecule has 0 atom stereocenters. The minimum absolute atomic E-state index is 0.0226. The summed E-state index contributed by atoms with van der Waals surface area (Å²) in [6, 6.07) is 9.45. The highest BCUT2D eigenvalue weighted by atomic mass is 19.3. The minimum atomic E-state index is -2.48. The molecule has 2 aromatic carbocycles. The third-order valence-electron chi connectivity index (χ3n) is 2.28. The first-order valence-electron chi connectivity index (χ1n) is 4.48. The Bertz CT molecular complexity index is 506. The number of carbonyl (C=O) groups excluding carboxylic acids is 1. The van der Waals surface area contributed by atoms with E-state index in [1.54, 1.807) is 24.3 Å². The van der Waals surface area contributed by atoms with E-state index in [4.69, 9.17) is 0 Å². The second kappa shape index (κ2) is 3.77. The number of carbonyl (C=O) groups is 1. The Kier molecular flexibility index (Phi) is 2.46. The molecule has 0 aliphatic heterocycles. The molecule has 0 radical (unpaired) electrons. The number of hydrogen-bond donors (Lipinski definition) is 0. The van der Waals surface area contributed by atoms with E-state index in [0.717, 1.165) is 5.39 Å². The molecule has 0 N–H and O–H groups in total. The zero-order valence-corrected chi connectivity index (χ0v) is 7.78. The van der Waals surface area contributed by atoms with Gasteiger partial charge in [-0.25, -0.2) is 8.78 Å². The molecule has 3 heteroatoms. The molecule has 0 unspecified atom stereocenters. The van der Waals surface area contributed by atoms with Gasteiger partial charge in [-0.15, -0.1) is 0 Å². The summed E-state index contributed by atoms with van der Waals surface area (Å²) in [4.78, 5) is 10.5. The van der Waals surface area contributed by atoms with Crippen molar-refractivity contribution in [1.29, 1.82) is 0 Å². The third kappa shape index (κ3) is 1.86. The molecule has 0 heterocycles. The summed E-state index contributed by atoms with van der Waals surface area (Å²) in [5, 5.41) is 1.52. The number of alkyl halides is 2. The fraction of sp³-hybridized carbons (Fsp3) is 0.0833. The maximum absolute atomic E-state index is 12.4. The summed E-state index contributed by atoms with van der Waals surface area (Å²) in [6.45, 7) is 0. The van der Waals surface area contributed by atoms with Gasteiger partial charge in [0.1, 0.15) is 6.29 Å². The van der Waals surface area contributed by atoms with Crippen LogP contribution in [0.4, 0.5) is 8.78 Å². The van der Waals surface area contributed by atoms with Crippen LogP contribution in [-0.2, 0) is 0 Å². The average Bonchev–Trinajstić information content (AvgIpc) is 2.27. The van der Waals surface area contributed by atoms with Crippen LogP contribution in [0.5, 0.6) is 0 Å². The van der Waals surface area contributed by atoms with E-state index in [1.807, 2.05) is 0 Å². The van der Waals surface area contributed by atoms with Gasteiger partial charge in [-0.2, -0.15) is 0 Å². The highest BCUT2D eigenvalue weighted by molar-refractivity contribution is 5.89. The van der Waals surface area contributed by atoms with E-state index in [0.29, 0.717) is 17.2 Å². The van der Waals surface area contributed by atoms with E-state index in [9.17, 15) is 13.6 Å². The van der Waals surface area contributed by atoms with Crippen LogP contribution in [0.3, 0.4) is 0 Å². The molecule has 15 heavy (non-hydrogen) atoms. The molecule has 0 aliphatic rings. The van der Waals surface area contributed by atoms with Gasteiger partial charge in [0.2, 0.25) is 0 Å². The van der Waals surface area contributed by atoms with Crippen LogP contribution in [0.25, 0.3) is 10.8 Å². The van der Waals surface area contributed by atoms with Crippen molar-refractivity contribution < 1.29 is 13.6 Å². The highest BCUT2D eigenvalue weighted by Gasteiger charge is 2.07. The van der Waals surface area contributed by atoms with Crippen molar-refractivity contribution in [3.8, 4) is 0 Å². The number of aldehydes is 1. The van der Waals surface area contributed by atoms with Crippen LogP contribution in [0.2, 0.25) is 0 Å². The lowest BCUT2D eigenvalue weighted by molar-refractivity contribution is 0.112. The van der Waals surface area contributed by atoms with Gasteiger partial charge in [-0.1, -0.05) is 24.3 Å². The van der Waals surface area contributed by atoms with E-state index < -0.39 is 6.43 Å². The Morgan fingerprint density at radius 1 is 1.00 bits per heavy atom. The average molecular weight is 206 g/mol. The van der Waals surface area contributed by atoms with Crippen molar-refractivity contribution in [2.75, 3.05) is 0 Å². The van der Waals surface area contributed by atoms with E-state index in [1.165, 1.54) is 12.1 Å². The minimum Gasteiger partial charge on any atom is -0.298 e. The molecule has 0 amide bonds. The number of fused-ring (bicyclic) bond motifs is 1. The molecular formula is C12H8F2O. The molecule has 0 fully saturated rings. The van der Waals surface area contributed by atoms with Gasteiger partial charge >= 0.3 is 0 Å². The first kappa shape index (κ1) is 9.77. The zero-order chi connectivity index (χ0) is 10.8. The summed E-state index contributed by atoms with van der Waals surface area (Å²) < 4.78 is 24.8. The number of hydrogen-bond acceptors (Lipinski definition) is 1. The molecular weight excluding hydrogens is 198 g/mol. The second-order valence-corrected chi connectivity index (χ2v) is 3.28. The topological polar surface area (TPSA) is 17.1 Å². The molecule has 2 rings (SSSR count). The van der Waals surface area contributed by atoms with Gasteiger partial charge in [0.15, 0.2) is 0 Å². The zero-order valence-electron chi connectivity index (χ0n) is 7.78. The van der Waals surface area contributed by atoms with Crippen LogP contribution in [0.1, 0.15) is 22.3 Å².